The van der Waals surface area contributed by atoms with E-state index in [1.165, 1.54) is 0 Å². The number of allylic oxidation sites excluding steroid dienone is 3. The highest BCUT2D eigenvalue weighted by molar-refractivity contribution is 5.87. The largest absolute Gasteiger partial charge is 0.381 e. The Morgan fingerprint density at radius 3 is 3.06 bits per heavy atom. The van der Waals surface area contributed by atoms with Crippen molar-refractivity contribution in [3.05, 3.63) is 24.3 Å². The molecule has 0 aromatic heterocycles. The van der Waals surface area contributed by atoms with Crippen molar-refractivity contribution in [3.63, 3.8) is 0 Å². The van der Waals surface area contributed by atoms with Gasteiger partial charge in [0.1, 0.15) is 0 Å². The van der Waals surface area contributed by atoms with Crippen LogP contribution in [0.3, 0.4) is 0 Å². The topological polar surface area (TPSA) is 38.3 Å². The van der Waals surface area contributed by atoms with Crippen LogP contribution >= 0.6 is 0 Å². The number of amides is 1. The van der Waals surface area contributed by atoms with Gasteiger partial charge < -0.3 is 10.1 Å². The third-order valence-electron chi connectivity index (χ3n) is 2.54. The van der Waals surface area contributed by atoms with Gasteiger partial charge in [-0.15, -0.1) is 0 Å². The minimum absolute atomic E-state index is 0.0203. The molecule has 1 rings (SSSR count). The molecular formula is C13H21NO2. The van der Waals surface area contributed by atoms with Gasteiger partial charge in [-0.25, -0.2) is 0 Å². The fraction of sp³-hybridized carbons (Fsp3) is 0.615. The van der Waals surface area contributed by atoms with Gasteiger partial charge in [-0.2, -0.15) is 0 Å². The Morgan fingerprint density at radius 2 is 2.38 bits per heavy atom. The molecule has 0 aliphatic carbocycles. The molecule has 3 nitrogen and oxygen atoms in total. The molecule has 1 heterocycles. The molecule has 1 fully saturated rings. The first-order valence-electron chi connectivity index (χ1n) is 6.01. The summed E-state index contributed by atoms with van der Waals surface area (Å²) in [5, 5.41) is 2.88. The Labute approximate surface area is 97.6 Å². The molecule has 0 saturated carbocycles. The van der Waals surface area contributed by atoms with Gasteiger partial charge in [0.25, 0.3) is 0 Å². The molecule has 90 valence electrons. The first-order valence-corrected chi connectivity index (χ1v) is 6.01. The summed E-state index contributed by atoms with van der Waals surface area (Å²) in [5.41, 5.74) is 0. The summed E-state index contributed by atoms with van der Waals surface area (Å²) in [6, 6.07) is 0. The highest BCUT2D eigenvalue weighted by atomic mass is 16.5. The fourth-order valence-corrected chi connectivity index (χ4v) is 1.53. The van der Waals surface area contributed by atoms with E-state index in [0.29, 0.717) is 5.92 Å². The van der Waals surface area contributed by atoms with Crippen molar-refractivity contribution in [1.29, 1.82) is 0 Å². The predicted molar refractivity (Wildman–Crippen MR) is 65.1 cm³/mol. The van der Waals surface area contributed by atoms with Crippen LogP contribution in [-0.4, -0.2) is 25.7 Å². The monoisotopic (exact) mass is 223 g/mol. The molecule has 1 saturated heterocycles. The second-order valence-corrected chi connectivity index (χ2v) is 4.05. The van der Waals surface area contributed by atoms with Crippen LogP contribution < -0.4 is 5.32 Å². The minimum Gasteiger partial charge on any atom is -0.381 e. The SMILES string of the molecule is CCC/C=C/C=C/C(=O)NCC1CCOC1. The molecule has 1 aliphatic rings. The number of hydrogen-bond donors (Lipinski definition) is 1. The zero-order valence-electron chi connectivity index (χ0n) is 9.95. The Balaban J connectivity index is 2.09. The van der Waals surface area contributed by atoms with Crippen LogP contribution in [0.5, 0.6) is 0 Å². The number of hydrogen-bond acceptors (Lipinski definition) is 2. The van der Waals surface area contributed by atoms with Crippen molar-refractivity contribution >= 4 is 5.91 Å². The molecule has 1 aliphatic heterocycles. The number of carbonyl (C=O) groups is 1. The Kier molecular flexibility index (Phi) is 6.58. The zero-order chi connectivity index (χ0) is 11.6. The van der Waals surface area contributed by atoms with Gasteiger partial charge in [-0.3, -0.25) is 4.79 Å². The van der Waals surface area contributed by atoms with Crippen LogP contribution in [0.1, 0.15) is 26.2 Å². The van der Waals surface area contributed by atoms with Crippen LogP contribution in [-0.2, 0) is 9.53 Å². The molecule has 1 unspecified atom stereocenters. The maximum Gasteiger partial charge on any atom is 0.243 e. The molecule has 16 heavy (non-hydrogen) atoms. The van der Waals surface area contributed by atoms with Crippen LogP contribution in [0.25, 0.3) is 0 Å². The van der Waals surface area contributed by atoms with E-state index in [4.69, 9.17) is 4.74 Å². The van der Waals surface area contributed by atoms with Crippen molar-refractivity contribution < 1.29 is 9.53 Å². The lowest BCUT2D eigenvalue weighted by molar-refractivity contribution is -0.116. The first-order chi connectivity index (χ1) is 7.83. The normalized spacial score (nSPS) is 20.9. The van der Waals surface area contributed by atoms with Crippen molar-refractivity contribution in [2.24, 2.45) is 5.92 Å². The first kappa shape index (κ1) is 13.0. The maximum absolute atomic E-state index is 11.4. The molecule has 1 atom stereocenters. The van der Waals surface area contributed by atoms with Crippen molar-refractivity contribution in [2.45, 2.75) is 26.2 Å². The molecule has 1 amide bonds. The smallest absolute Gasteiger partial charge is 0.243 e. The van der Waals surface area contributed by atoms with Gasteiger partial charge in [0.2, 0.25) is 5.91 Å². The number of nitrogens with one attached hydrogen (secondary N) is 1. The lowest BCUT2D eigenvalue weighted by atomic mass is 10.1. The van der Waals surface area contributed by atoms with Gasteiger partial charge in [-0.1, -0.05) is 31.6 Å². The van der Waals surface area contributed by atoms with Gasteiger partial charge >= 0.3 is 0 Å². The number of ether oxygens (including phenoxy) is 1. The Bertz CT molecular complexity index is 253. The second kappa shape index (κ2) is 8.11. The van der Waals surface area contributed by atoms with Crippen molar-refractivity contribution in [2.75, 3.05) is 19.8 Å². The summed E-state index contributed by atoms with van der Waals surface area (Å²) in [6.07, 6.45) is 10.6. The number of carbonyl (C=O) groups excluding carboxylic acids is 1. The second-order valence-electron chi connectivity index (χ2n) is 4.05. The van der Waals surface area contributed by atoms with Crippen LogP contribution in [0.2, 0.25) is 0 Å². The van der Waals surface area contributed by atoms with Crippen LogP contribution in [0.4, 0.5) is 0 Å². The van der Waals surface area contributed by atoms with Crippen LogP contribution in [0, 0.1) is 5.92 Å². The maximum atomic E-state index is 11.4. The third kappa shape index (κ3) is 5.71. The standard InChI is InChI=1S/C13H21NO2/c1-2-3-4-5-6-7-13(15)14-10-12-8-9-16-11-12/h4-7,12H,2-3,8-11H2,1H3,(H,14,15)/b5-4+,7-6+. The van der Waals surface area contributed by atoms with Crippen LogP contribution in [0.15, 0.2) is 24.3 Å². The van der Waals surface area contributed by atoms with E-state index in [1.807, 2.05) is 6.08 Å². The third-order valence-corrected chi connectivity index (χ3v) is 2.54. The van der Waals surface area contributed by atoms with Gasteiger partial charge in [0, 0.05) is 25.1 Å². The van der Waals surface area contributed by atoms with Gasteiger partial charge in [0.05, 0.1) is 6.61 Å². The fourth-order valence-electron chi connectivity index (χ4n) is 1.53. The summed E-state index contributed by atoms with van der Waals surface area (Å²) < 4.78 is 5.23. The van der Waals surface area contributed by atoms with Gasteiger partial charge in [-0.05, 0) is 12.8 Å². The highest BCUT2D eigenvalue weighted by Crippen LogP contribution is 2.10. The van der Waals surface area contributed by atoms with Crippen molar-refractivity contribution in [1.82, 2.24) is 5.32 Å². The lowest BCUT2D eigenvalue weighted by Crippen LogP contribution is -2.27. The Hall–Kier alpha value is -1.09. The summed E-state index contributed by atoms with van der Waals surface area (Å²) in [5.74, 6) is 0.473. The van der Waals surface area contributed by atoms with E-state index in [0.717, 1.165) is 39.0 Å². The molecule has 3 heteroatoms. The minimum atomic E-state index is -0.0203. The summed E-state index contributed by atoms with van der Waals surface area (Å²) in [4.78, 5) is 11.4. The van der Waals surface area contributed by atoms with Crippen molar-refractivity contribution in [3.8, 4) is 0 Å². The summed E-state index contributed by atoms with van der Waals surface area (Å²) in [6.45, 7) is 4.46. The number of rotatable bonds is 6. The molecule has 1 N–H and O–H groups in total. The van der Waals surface area contributed by atoms with E-state index in [9.17, 15) is 4.79 Å². The average molecular weight is 223 g/mol. The van der Waals surface area contributed by atoms with Gasteiger partial charge in [0.15, 0.2) is 0 Å². The van der Waals surface area contributed by atoms with E-state index in [2.05, 4.69) is 18.3 Å². The van der Waals surface area contributed by atoms with E-state index in [1.54, 1.807) is 12.2 Å². The number of unbranched alkanes of at least 4 members (excludes halogenated alkanes) is 1. The molecule has 0 aromatic carbocycles. The predicted octanol–water partition coefficient (Wildman–Crippen LogP) is 2.05. The quantitative estimate of drug-likeness (QED) is 0.553. The highest BCUT2D eigenvalue weighted by Gasteiger charge is 2.15. The summed E-state index contributed by atoms with van der Waals surface area (Å²) in [7, 11) is 0. The molecule has 0 radical (unpaired) electrons. The molecule has 0 bridgehead atoms. The molecule has 0 spiro atoms. The Morgan fingerprint density at radius 1 is 1.50 bits per heavy atom. The molecule has 0 aromatic rings. The average Bonchev–Trinajstić information content (AvgIpc) is 2.79. The van der Waals surface area contributed by atoms with E-state index in [-0.39, 0.29) is 5.91 Å². The van der Waals surface area contributed by atoms with E-state index >= 15 is 0 Å². The zero-order valence-corrected chi connectivity index (χ0v) is 9.95. The lowest BCUT2D eigenvalue weighted by Gasteiger charge is -2.06. The molecular weight excluding hydrogens is 202 g/mol. The van der Waals surface area contributed by atoms with E-state index < -0.39 is 0 Å². The summed E-state index contributed by atoms with van der Waals surface area (Å²) >= 11 is 0.